The van der Waals surface area contributed by atoms with Gasteiger partial charge in [-0.2, -0.15) is 0 Å². The Balaban J connectivity index is 0.000000185. The highest BCUT2D eigenvalue weighted by atomic mass is 32.1. The number of ether oxygens (including phenoxy) is 6. The number of methoxy groups -OCH3 is 2. The summed E-state index contributed by atoms with van der Waals surface area (Å²) in [6, 6.07) is 15.0. The summed E-state index contributed by atoms with van der Waals surface area (Å²) >= 11 is 2.47. The van der Waals surface area contributed by atoms with Crippen LogP contribution in [0.3, 0.4) is 0 Å². The van der Waals surface area contributed by atoms with Crippen molar-refractivity contribution in [3.8, 4) is 33.0 Å². The Morgan fingerprint density at radius 2 is 1.06 bits per heavy atom. The van der Waals surface area contributed by atoms with Crippen LogP contribution in [0.5, 0.6) is 11.5 Å². The minimum Gasteiger partial charge on any atom is -0.496 e. The smallest absolute Gasteiger partial charge is 0.333 e. The van der Waals surface area contributed by atoms with E-state index in [1.54, 1.807) is 50.7 Å². The molecule has 4 aliphatic rings. The van der Waals surface area contributed by atoms with Gasteiger partial charge in [0.15, 0.2) is 0 Å². The van der Waals surface area contributed by atoms with Crippen molar-refractivity contribution >= 4 is 55.0 Å². The number of para-hydroxylation sites is 2. The first-order valence-electron chi connectivity index (χ1n) is 30.1. The maximum atomic E-state index is 14.5. The molecule has 25 heteroatoms. The average Bonchev–Trinajstić information content (AvgIpc) is 1.73. The molecule has 0 bridgehead atoms. The number of aryl methyl sites for hydroxylation is 2. The van der Waals surface area contributed by atoms with Crippen LogP contribution in [0.4, 0.5) is 0 Å². The highest BCUT2D eigenvalue weighted by Crippen LogP contribution is 2.40. The minimum atomic E-state index is -1.82. The summed E-state index contributed by atoms with van der Waals surface area (Å²) in [5.41, 5.74) is -3.02. The van der Waals surface area contributed by atoms with E-state index >= 15 is 0 Å². The van der Waals surface area contributed by atoms with Crippen molar-refractivity contribution in [2.45, 2.75) is 116 Å². The number of nitrogens with one attached hydrogen (secondary N) is 1. The third-order valence-electron chi connectivity index (χ3n) is 17.1. The van der Waals surface area contributed by atoms with Crippen molar-refractivity contribution in [1.82, 2.24) is 38.5 Å². The number of aromatic nitrogens is 6. The number of carboxylic acids is 1. The number of thiophene rings is 2. The number of carbonyl (C=O) groups excluding carboxylic acids is 1. The lowest BCUT2D eigenvalue weighted by molar-refractivity contribution is -0.146. The van der Waals surface area contributed by atoms with E-state index in [0.29, 0.717) is 124 Å². The predicted molar refractivity (Wildman–Crippen MR) is 337 cm³/mol. The van der Waals surface area contributed by atoms with Gasteiger partial charge in [0.05, 0.1) is 73.4 Å². The average molecular weight is 1260 g/mol. The van der Waals surface area contributed by atoms with E-state index in [0.717, 1.165) is 52.4 Å². The number of nitrogens with zero attached hydrogens (tertiary/aromatic N) is 7. The van der Waals surface area contributed by atoms with Crippen molar-refractivity contribution in [3.63, 3.8) is 0 Å². The molecule has 23 nitrogen and oxygen atoms in total. The topological polar surface area (TPSA) is 265 Å². The zero-order valence-electron chi connectivity index (χ0n) is 51.6. The second-order valence-corrected chi connectivity index (χ2v) is 25.6. The molecule has 8 aromatic rings. The molecule has 2 atom stereocenters. The van der Waals surface area contributed by atoms with Gasteiger partial charge in [-0.1, -0.05) is 36.4 Å². The second kappa shape index (κ2) is 28.1. The number of benzene rings is 2. The zero-order chi connectivity index (χ0) is 63.1. The number of hydrogen-bond donors (Lipinski definition) is 2. The van der Waals surface area contributed by atoms with Gasteiger partial charge in [0.2, 0.25) is 17.7 Å². The lowest BCUT2D eigenvalue weighted by Crippen LogP contribution is -2.59. The Morgan fingerprint density at radius 1 is 0.652 bits per heavy atom. The van der Waals surface area contributed by atoms with Crippen molar-refractivity contribution in [2.75, 3.05) is 80.0 Å². The van der Waals surface area contributed by atoms with E-state index in [-0.39, 0.29) is 24.4 Å². The summed E-state index contributed by atoms with van der Waals surface area (Å²) < 4.78 is 51.6. The molecule has 0 unspecified atom stereocenters. The van der Waals surface area contributed by atoms with E-state index < -0.39 is 51.8 Å². The highest BCUT2D eigenvalue weighted by Gasteiger charge is 2.41. The summed E-state index contributed by atoms with van der Waals surface area (Å²) in [7, 11) is 3.17. The molecule has 12 rings (SSSR count). The van der Waals surface area contributed by atoms with E-state index in [1.165, 1.54) is 79.3 Å². The third-order valence-corrected chi connectivity index (χ3v) is 19.7. The maximum Gasteiger partial charge on any atom is 0.333 e. The lowest BCUT2D eigenvalue weighted by Gasteiger charge is -2.38. The Hall–Kier alpha value is -7.52. The summed E-state index contributed by atoms with van der Waals surface area (Å²) in [5, 5.41) is 13.7. The molecule has 1 amide bonds. The van der Waals surface area contributed by atoms with Crippen LogP contribution in [-0.2, 0) is 52.7 Å². The Morgan fingerprint density at radius 3 is 1.40 bits per heavy atom. The number of hydrogen-bond acceptors (Lipinski definition) is 19. The maximum absolute atomic E-state index is 14.5. The van der Waals surface area contributed by atoms with Crippen molar-refractivity contribution < 1.29 is 52.0 Å². The summed E-state index contributed by atoms with van der Waals surface area (Å²) in [4.78, 5) is 95.0. The van der Waals surface area contributed by atoms with Crippen LogP contribution in [0, 0.1) is 25.7 Å². The third kappa shape index (κ3) is 13.4. The molecule has 4 saturated heterocycles. The summed E-state index contributed by atoms with van der Waals surface area (Å²) in [6.45, 7) is 17.0. The van der Waals surface area contributed by atoms with Crippen LogP contribution in [0.15, 0.2) is 101 Å². The molecule has 2 N–H and O–H groups in total. The molecular weight excluding hydrogens is 1180 g/mol. The lowest BCUT2D eigenvalue weighted by atomic mass is 10.00. The molecule has 0 radical (unpaired) electrons. The van der Waals surface area contributed by atoms with Gasteiger partial charge in [-0.15, -0.1) is 22.7 Å². The van der Waals surface area contributed by atoms with Gasteiger partial charge in [0.1, 0.15) is 57.0 Å². The first kappa shape index (κ1) is 64.5. The highest BCUT2D eigenvalue weighted by molar-refractivity contribution is 7.22. The van der Waals surface area contributed by atoms with Crippen molar-refractivity contribution in [3.05, 3.63) is 137 Å². The first-order chi connectivity index (χ1) is 42.9. The van der Waals surface area contributed by atoms with Crippen LogP contribution in [0.25, 0.3) is 42.0 Å². The van der Waals surface area contributed by atoms with Crippen LogP contribution in [-0.4, -0.2) is 130 Å². The van der Waals surface area contributed by atoms with Gasteiger partial charge in [-0.05, 0) is 128 Å². The number of carbonyl (C=O) groups is 2. The molecule has 476 valence electrons. The molecule has 4 fully saturated rings. The molecule has 0 aliphatic carbocycles. The quantitative estimate of drug-likeness (QED) is 0.0724. The van der Waals surface area contributed by atoms with E-state index in [2.05, 4.69) is 15.3 Å². The zero-order valence-corrected chi connectivity index (χ0v) is 53.2. The number of carboxylic acid groups (broad SMARTS) is 1. The molecule has 4 aliphatic heterocycles. The van der Waals surface area contributed by atoms with Gasteiger partial charge >= 0.3 is 17.3 Å². The fourth-order valence-corrected chi connectivity index (χ4v) is 13.8. The molecule has 10 heterocycles. The van der Waals surface area contributed by atoms with E-state index in [1.807, 2.05) is 55.5 Å². The first-order valence-corrected chi connectivity index (χ1v) is 31.8. The van der Waals surface area contributed by atoms with Gasteiger partial charge in [0, 0.05) is 50.6 Å². The summed E-state index contributed by atoms with van der Waals surface area (Å²) in [6.07, 6.45) is 10.5. The van der Waals surface area contributed by atoms with Gasteiger partial charge in [-0.25, -0.2) is 33.5 Å². The number of amides is 1. The van der Waals surface area contributed by atoms with E-state index in [4.69, 9.17) is 37.3 Å². The Bertz CT molecular complexity index is 4000. The fourth-order valence-electron chi connectivity index (χ4n) is 11.4. The number of fused-ring (bicyclic) bond motifs is 2. The molecular formula is C64H78N8O15S2. The number of aliphatic carboxylic acids is 1. The largest absolute Gasteiger partial charge is 0.496 e. The van der Waals surface area contributed by atoms with Gasteiger partial charge in [-0.3, -0.25) is 23.5 Å². The van der Waals surface area contributed by atoms with Crippen LogP contribution < -0.4 is 37.3 Å². The van der Waals surface area contributed by atoms with Crippen LogP contribution in [0.2, 0.25) is 0 Å². The Kier molecular flexibility index (Phi) is 20.4. The summed E-state index contributed by atoms with van der Waals surface area (Å²) in [5.74, 6) is 0.949. The minimum absolute atomic E-state index is 0.0138. The Labute approximate surface area is 521 Å². The van der Waals surface area contributed by atoms with Gasteiger partial charge in [0.25, 0.3) is 11.1 Å². The van der Waals surface area contributed by atoms with Crippen LogP contribution >= 0.6 is 22.7 Å². The van der Waals surface area contributed by atoms with Gasteiger partial charge < -0.3 is 52.6 Å². The standard InChI is InChI=1S/C32H38N4O7S.C29H33N3O8S.C3H7N/c1-20-25-28(37)36(32(2,3)30(38)34-13-7-14-34)31(39)35(29(25)44-26(20)27-33-12-17-42-27)18-24(22-8-5-6-9-23(22)40-4)43-19-21-10-15-41-16-11-21;1-17-22-25(33)32(29(2,3)27(34)35)28(36)31(26(22)41-23(17)24-30-11-14-39-24)15-21(19-7-5-6-8-20(19)37-4)40-16-18-9-12-38-13-10-18;1-2-4-3-1/h5-6,8-9,12,17,21,24H,7,10-11,13-16,18-19H2,1-4H3;5-8,11,14,18,21H,9-10,12-13,15-16H2,1-4H3,(H,34,35);4H,1-3H2/t24-;21-;/m00./s1. The fraction of sp³-hybridized carbons (Fsp3) is 0.500. The molecule has 6 aromatic heterocycles. The number of likely N-dealkylation sites (tertiary alicyclic amines) is 1. The van der Waals surface area contributed by atoms with E-state index in [9.17, 15) is 33.9 Å². The monoisotopic (exact) mass is 1260 g/mol. The van der Waals surface area contributed by atoms with Crippen LogP contribution in [0.1, 0.15) is 101 Å². The number of oxazole rings is 2. The molecule has 0 saturated carbocycles. The molecule has 2 aromatic carbocycles. The SMILES string of the molecule is C1CNC1.COc1ccccc1[C@H](Cn1c(=O)n(C(C)(C)C(=O)N2CCC2)c(=O)c2c(C)c(-c3ncco3)sc21)OCC1CCOCC1.COc1ccccc1[C@H](Cn1c(=O)n(C(C)(C)C(=O)O)c(=O)c2c(C)c(-c3ncco3)sc21)OCC1CCOCC1. The van der Waals surface area contributed by atoms with Crippen molar-refractivity contribution in [2.24, 2.45) is 11.8 Å². The molecule has 89 heavy (non-hydrogen) atoms. The predicted octanol–water partition coefficient (Wildman–Crippen LogP) is 8.53. The molecule has 0 spiro atoms. The number of rotatable bonds is 20. The normalized spacial score (nSPS) is 16.4. The van der Waals surface area contributed by atoms with Crippen molar-refractivity contribution in [1.29, 1.82) is 0 Å². The second-order valence-electron chi connectivity index (χ2n) is 23.6.